The fourth-order valence-corrected chi connectivity index (χ4v) is 4.83. The zero-order valence-electron chi connectivity index (χ0n) is 15.1. The zero-order chi connectivity index (χ0) is 15.4. The minimum absolute atomic E-state index is 0. The molecule has 0 aromatic carbocycles. The fraction of sp³-hybridized carbons (Fsp3) is 1.00. The average molecular weight is 381 g/mol. The topological polar surface area (TPSA) is 58.5 Å². The lowest BCUT2D eigenvalue weighted by Crippen LogP contribution is -2.33. The van der Waals surface area contributed by atoms with Crippen LogP contribution in [-0.2, 0) is 0 Å². The lowest BCUT2D eigenvalue weighted by Gasteiger charge is -2.22. The van der Waals surface area contributed by atoms with Gasteiger partial charge in [-0.15, -0.1) is 24.8 Å². The first-order chi connectivity index (χ1) is 10.7. The van der Waals surface area contributed by atoms with Gasteiger partial charge in [-0.25, -0.2) is 0 Å². The third-order valence-corrected chi connectivity index (χ3v) is 6.19. The number of rotatable bonds is 2. The maximum atomic E-state index is 5.85. The molecule has 6 heteroatoms. The SMILES string of the molecule is Cl.Cl.N[C@@H]1CCN(C2CCCC2)C1.N[C@H]1CCN(C2CCCC2)C1. The first-order valence-electron chi connectivity index (χ1n) is 9.71. The molecular formula is C18H38Cl2N4. The molecule has 2 aliphatic heterocycles. The van der Waals surface area contributed by atoms with Crippen LogP contribution in [0.1, 0.15) is 64.2 Å². The Hall–Kier alpha value is 0.420. The van der Waals surface area contributed by atoms with Gasteiger partial charge in [-0.1, -0.05) is 25.7 Å². The Morgan fingerprint density at radius 1 is 0.542 bits per heavy atom. The number of hydrogen-bond donors (Lipinski definition) is 2. The number of hydrogen-bond acceptors (Lipinski definition) is 4. The van der Waals surface area contributed by atoms with E-state index in [-0.39, 0.29) is 24.8 Å². The van der Waals surface area contributed by atoms with Crippen LogP contribution in [-0.4, -0.2) is 60.1 Å². The van der Waals surface area contributed by atoms with Crippen LogP contribution in [0.25, 0.3) is 0 Å². The van der Waals surface area contributed by atoms with Gasteiger partial charge >= 0.3 is 0 Å². The Balaban J connectivity index is 0.000000222. The van der Waals surface area contributed by atoms with E-state index < -0.39 is 0 Å². The molecule has 0 radical (unpaired) electrons. The van der Waals surface area contributed by atoms with E-state index in [2.05, 4.69) is 9.80 Å². The van der Waals surface area contributed by atoms with Gasteiger partial charge in [-0.05, 0) is 38.5 Å². The van der Waals surface area contributed by atoms with Gasteiger partial charge in [0, 0.05) is 50.3 Å². The second-order valence-electron chi connectivity index (χ2n) is 7.96. The van der Waals surface area contributed by atoms with Crippen molar-refractivity contribution in [2.45, 2.75) is 88.4 Å². The van der Waals surface area contributed by atoms with Crippen LogP contribution >= 0.6 is 24.8 Å². The number of nitrogens with two attached hydrogens (primary N) is 2. The van der Waals surface area contributed by atoms with Crippen LogP contribution in [0, 0.1) is 0 Å². The van der Waals surface area contributed by atoms with E-state index >= 15 is 0 Å². The summed E-state index contributed by atoms with van der Waals surface area (Å²) in [6.45, 7) is 4.83. The third kappa shape index (κ3) is 6.30. The van der Waals surface area contributed by atoms with E-state index in [9.17, 15) is 0 Å². The Kier molecular flexibility index (Phi) is 10.5. The molecule has 2 aliphatic carbocycles. The quantitative estimate of drug-likeness (QED) is 0.772. The van der Waals surface area contributed by atoms with E-state index in [0.29, 0.717) is 12.1 Å². The van der Waals surface area contributed by atoms with Crippen LogP contribution < -0.4 is 11.5 Å². The van der Waals surface area contributed by atoms with E-state index in [0.717, 1.165) is 25.2 Å². The Labute approximate surface area is 160 Å². The van der Waals surface area contributed by atoms with Crippen LogP contribution in [0.15, 0.2) is 0 Å². The molecule has 0 spiro atoms. The molecule has 0 aromatic rings. The van der Waals surface area contributed by atoms with Gasteiger partial charge in [0.05, 0.1) is 0 Å². The molecule has 144 valence electrons. The molecule has 2 saturated carbocycles. The van der Waals surface area contributed by atoms with Gasteiger partial charge in [0.1, 0.15) is 0 Å². The highest BCUT2D eigenvalue weighted by Gasteiger charge is 2.28. The number of halogens is 2. The van der Waals surface area contributed by atoms with E-state index in [1.54, 1.807) is 0 Å². The molecule has 2 heterocycles. The zero-order valence-corrected chi connectivity index (χ0v) is 16.7. The summed E-state index contributed by atoms with van der Waals surface area (Å²) in [4.78, 5) is 5.19. The van der Waals surface area contributed by atoms with Crippen molar-refractivity contribution in [1.29, 1.82) is 0 Å². The summed E-state index contributed by atoms with van der Waals surface area (Å²) in [6.07, 6.45) is 13.9. The summed E-state index contributed by atoms with van der Waals surface area (Å²) >= 11 is 0. The van der Waals surface area contributed by atoms with Gasteiger partial charge in [0.25, 0.3) is 0 Å². The molecule has 0 bridgehead atoms. The van der Waals surface area contributed by atoms with Crippen LogP contribution in [0.3, 0.4) is 0 Å². The van der Waals surface area contributed by atoms with Crippen molar-refractivity contribution in [2.75, 3.05) is 26.2 Å². The molecule has 4 fully saturated rings. The molecule has 4 N–H and O–H groups in total. The van der Waals surface area contributed by atoms with Gasteiger partial charge < -0.3 is 11.5 Å². The lowest BCUT2D eigenvalue weighted by atomic mass is 10.2. The van der Waals surface area contributed by atoms with Crippen molar-refractivity contribution >= 4 is 24.8 Å². The van der Waals surface area contributed by atoms with E-state index in [4.69, 9.17) is 11.5 Å². The van der Waals surface area contributed by atoms with Crippen LogP contribution in [0.4, 0.5) is 0 Å². The molecule has 0 unspecified atom stereocenters. The van der Waals surface area contributed by atoms with Gasteiger partial charge in [0.15, 0.2) is 0 Å². The smallest absolute Gasteiger partial charge is 0.0180 e. The molecule has 0 amide bonds. The van der Waals surface area contributed by atoms with Crippen molar-refractivity contribution in [3.63, 3.8) is 0 Å². The normalized spacial score (nSPS) is 32.2. The molecule has 2 atom stereocenters. The number of nitrogens with zero attached hydrogens (tertiary/aromatic N) is 2. The van der Waals surface area contributed by atoms with Crippen molar-refractivity contribution in [3.8, 4) is 0 Å². The average Bonchev–Trinajstić information content (AvgIpc) is 3.28. The van der Waals surface area contributed by atoms with Crippen LogP contribution in [0.2, 0.25) is 0 Å². The predicted molar refractivity (Wildman–Crippen MR) is 107 cm³/mol. The minimum Gasteiger partial charge on any atom is -0.326 e. The highest BCUT2D eigenvalue weighted by molar-refractivity contribution is 5.85. The molecule has 4 aliphatic rings. The van der Waals surface area contributed by atoms with Gasteiger partial charge in [0.2, 0.25) is 0 Å². The Bertz CT molecular complexity index is 301. The van der Waals surface area contributed by atoms with Crippen molar-refractivity contribution in [1.82, 2.24) is 9.80 Å². The Morgan fingerprint density at radius 3 is 1.12 bits per heavy atom. The molecule has 4 rings (SSSR count). The summed E-state index contributed by atoms with van der Waals surface area (Å²) in [5.74, 6) is 0. The van der Waals surface area contributed by atoms with Gasteiger partial charge in [-0.2, -0.15) is 0 Å². The maximum Gasteiger partial charge on any atom is 0.0180 e. The second-order valence-corrected chi connectivity index (χ2v) is 7.96. The second kappa shape index (κ2) is 11.2. The summed E-state index contributed by atoms with van der Waals surface area (Å²) < 4.78 is 0. The molecule has 0 aromatic heterocycles. The summed E-state index contributed by atoms with van der Waals surface area (Å²) in [6, 6.07) is 2.72. The van der Waals surface area contributed by atoms with E-state index in [1.807, 2.05) is 0 Å². The standard InChI is InChI=1S/2C9H18N2.2ClH/c2*10-8-5-6-11(7-8)9-3-1-2-4-9;;/h2*8-9H,1-7,10H2;2*1H/t2*8-;;/m10../s1. The van der Waals surface area contributed by atoms with Gasteiger partial charge in [-0.3, -0.25) is 9.80 Å². The van der Waals surface area contributed by atoms with E-state index in [1.165, 1.54) is 77.3 Å². The first-order valence-corrected chi connectivity index (χ1v) is 9.71. The van der Waals surface area contributed by atoms with Crippen molar-refractivity contribution in [3.05, 3.63) is 0 Å². The van der Waals surface area contributed by atoms with Crippen LogP contribution in [0.5, 0.6) is 0 Å². The summed E-state index contributed by atoms with van der Waals surface area (Å²) in [5.41, 5.74) is 11.7. The van der Waals surface area contributed by atoms with Crippen molar-refractivity contribution < 1.29 is 0 Å². The highest BCUT2D eigenvalue weighted by atomic mass is 35.5. The Morgan fingerprint density at radius 2 is 0.875 bits per heavy atom. The summed E-state index contributed by atoms with van der Waals surface area (Å²) in [5, 5.41) is 0. The first kappa shape index (κ1) is 22.5. The fourth-order valence-electron chi connectivity index (χ4n) is 4.83. The maximum absolute atomic E-state index is 5.85. The molecule has 4 nitrogen and oxygen atoms in total. The molecule has 24 heavy (non-hydrogen) atoms. The third-order valence-electron chi connectivity index (χ3n) is 6.19. The lowest BCUT2D eigenvalue weighted by molar-refractivity contribution is 0.243. The monoisotopic (exact) mass is 380 g/mol. The summed E-state index contributed by atoms with van der Waals surface area (Å²) in [7, 11) is 0. The molecule has 2 saturated heterocycles. The largest absolute Gasteiger partial charge is 0.326 e. The predicted octanol–water partition coefficient (Wildman–Crippen LogP) is 2.77. The molecular weight excluding hydrogens is 343 g/mol. The highest BCUT2D eigenvalue weighted by Crippen LogP contribution is 2.26. The van der Waals surface area contributed by atoms with Crippen molar-refractivity contribution in [2.24, 2.45) is 11.5 Å². The number of likely N-dealkylation sites (tertiary alicyclic amines) is 2. The minimum atomic E-state index is 0.